The van der Waals surface area contributed by atoms with Gasteiger partial charge in [-0.05, 0) is 17.5 Å². The molecule has 1 N–H and O–H groups in total. The molecule has 1 aromatic rings. The number of aryl methyl sites for hydroxylation is 1. The van der Waals surface area contributed by atoms with E-state index in [0.717, 1.165) is 5.56 Å². The van der Waals surface area contributed by atoms with Crippen LogP contribution >= 0.6 is 0 Å². The molecule has 0 saturated heterocycles. The molecule has 0 aliphatic carbocycles. The fourth-order valence-electron chi connectivity index (χ4n) is 1.28. The fourth-order valence-corrected chi connectivity index (χ4v) is 1.80. The third-order valence-corrected chi connectivity index (χ3v) is 2.69. The molecule has 0 spiro atoms. The first-order chi connectivity index (χ1) is 9.94. The van der Waals surface area contributed by atoms with Gasteiger partial charge in [0.1, 0.15) is 0 Å². The van der Waals surface area contributed by atoms with Crippen molar-refractivity contribution in [2.24, 2.45) is 0 Å². The molecule has 124 valence electrons. The Morgan fingerprint density at radius 1 is 1.19 bits per heavy atom. The summed E-state index contributed by atoms with van der Waals surface area (Å²) in [6.07, 6.45) is 0.687. The molecule has 0 unspecified atom stereocenters. The number of nitrogens with one attached hydrogen (secondary N) is 1. The van der Waals surface area contributed by atoms with Crippen molar-refractivity contribution in [2.75, 3.05) is 6.93 Å². The Labute approximate surface area is 124 Å². The molecular formula is C13H20F4NO2S-. The zero-order valence-electron chi connectivity index (χ0n) is 12.2. The normalized spacial score (nSPS) is 9.76. The molecule has 8 heteroatoms. The summed E-state index contributed by atoms with van der Waals surface area (Å²) in [6.45, 7) is 1.08. The number of hydrogen-bond acceptors (Lipinski definition) is 4. The van der Waals surface area contributed by atoms with Gasteiger partial charge >= 0.3 is 6.61 Å². The van der Waals surface area contributed by atoms with E-state index >= 15 is 0 Å². The maximum Gasteiger partial charge on any atom is 0.345 e. The van der Waals surface area contributed by atoms with Gasteiger partial charge in [-0.2, -0.15) is 19.4 Å². The summed E-state index contributed by atoms with van der Waals surface area (Å²) >= 11 is 0. The minimum atomic E-state index is -2.82. The first-order valence-electron chi connectivity index (χ1n) is 6.22. The third kappa shape index (κ3) is 11.2. The molecule has 0 saturated carbocycles. The lowest BCUT2D eigenvalue weighted by Crippen LogP contribution is -2.00. The number of halogens is 4. The zero-order valence-corrected chi connectivity index (χ0v) is 13.0. The van der Waals surface area contributed by atoms with Gasteiger partial charge in [-0.1, -0.05) is 43.9 Å². The Balaban J connectivity index is 0. The van der Waals surface area contributed by atoms with E-state index in [1.807, 2.05) is 20.8 Å². The molecule has 0 fully saturated rings. The Kier molecular flexibility index (Phi) is 14.6. The summed E-state index contributed by atoms with van der Waals surface area (Å²) in [6, 6.07) is 4.79. The molecule has 1 aromatic carbocycles. The van der Waals surface area contributed by atoms with Crippen LogP contribution in [0.5, 0.6) is 0 Å². The van der Waals surface area contributed by atoms with Gasteiger partial charge in [0.2, 0.25) is 6.93 Å². The molecule has 3 nitrogen and oxygen atoms in total. The van der Waals surface area contributed by atoms with Crippen LogP contribution in [0.2, 0.25) is 0 Å². The van der Waals surface area contributed by atoms with E-state index in [0.29, 0.717) is 16.9 Å². The minimum absolute atomic E-state index is 0.240. The van der Waals surface area contributed by atoms with E-state index in [1.54, 1.807) is 12.1 Å². The van der Waals surface area contributed by atoms with Crippen LogP contribution in [0.1, 0.15) is 31.9 Å². The van der Waals surface area contributed by atoms with Crippen LogP contribution < -0.4 is 0 Å². The Morgan fingerprint density at radius 2 is 1.67 bits per heavy atom. The Morgan fingerprint density at radius 3 is 2.05 bits per heavy atom. The van der Waals surface area contributed by atoms with Gasteiger partial charge in [0.15, 0.2) is 0 Å². The quantitative estimate of drug-likeness (QED) is 0.611. The highest BCUT2D eigenvalue weighted by Gasteiger charge is 2.03. The summed E-state index contributed by atoms with van der Waals surface area (Å²) in [7, 11) is -1.86. The molecule has 0 heterocycles. The van der Waals surface area contributed by atoms with Gasteiger partial charge in [0.25, 0.3) is 0 Å². The highest BCUT2D eigenvalue weighted by molar-refractivity contribution is 7.73. The second-order valence-electron chi connectivity index (χ2n) is 3.28. The van der Waals surface area contributed by atoms with Crippen LogP contribution in [0.4, 0.5) is 17.6 Å². The first kappa shape index (κ1) is 22.1. The lowest BCUT2D eigenvalue weighted by Gasteiger charge is -2.10. The molecule has 1 rings (SSSR count). The summed E-state index contributed by atoms with van der Waals surface area (Å²) in [5.74, 6) is 0. The van der Waals surface area contributed by atoms with Crippen molar-refractivity contribution in [2.45, 2.75) is 45.3 Å². The summed E-state index contributed by atoms with van der Waals surface area (Å²) < 4.78 is 65.2. The predicted molar refractivity (Wildman–Crippen MR) is 74.1 cm³/mol. The first-order valence-corrected chi connectivity index (χ1v) is 7.37. The molecular weight excluding hydrogens is 310 g/mol. The van der Waals surface area contributed by atoms with Crippen LogP contribution in [-0.2, 0) is 32.6 Å². The second kappa shape index (κ2) is 13.8. The monoisotopic (exact) mass is 330 g/mol. The van der Waals surface area contributed by atoms with Crippen molar-refractivity contribution in [3.05, 3.63) is 29.3 Å². The largest absolute Gasteiger partial charge is 0.440 e. The van der Waals surface area contributed by atoms with E-state index < -0.39 is 24.1 Å². The topological polar surface area (TPSA) is 50.1 Å². The lowest BCUT2D eigenvalue weighted by molar-refractivity contribution is -0.137. The standard InChI is InChI=1S/C10H12F2NO2S.C2H6.CH2F2/c1-2-7-3-8(6-15-10(11)12)5-9(4-7)16(13)14;1-2;2-1-3/h3-5,10,13H,2,6H2,1H3;1-2H3;1H2/q-1;;. The van der Waals surface area contributed by atoms with Crippen molar-refractivity contribution in [1.82, 2.24) is 0 Å². The number of hydrogen-bond donors (Lipinski definition) is 1. The average Bonchev–Trinajstić information content (AvgIpc) is 2.47. The average molecular weight is 330 g/mol. The van der Waals surface area contributed by atoms with Gasteiger partial charge in [0.05, 0.1) is 6.61 Å². The highest BCUT2D eigenvalue weighted by atomic mass is 32.2. The van der Waals surface area contributed by atoms with Crippen molar-refractivity contribution in [3.63, 3.8) is 0 Å². The maximum absolute atomic E-state index is 11.8. The van der Waals surface area contributed by atoms with Crippen LogP contribution in [0.3, 0.4) is 0 Å². The van der Waals surface area contributed by atoms with Crippen molar-refractivity contribution in [3.8, 4) is 0 Å². The molecule has 0 amide bonds. The number of benzene rings is 1. The molecule has 21 heavy (non-hydrogen) atoms. The van der Waals surface area contributed by atoms with E-state index in [4.69, 9.17) is 4.78 Å². The summed E-state index contributed by atoms with van der Waals surface area (Å²) in [5, 5.41) is 0. The Hall–Kier alpha value is -1.15. The fraction of sp³-hybridized carbons (Fsp3) is 0.538. The highest BCUT2D eigenvalue weighted by Crippen LogP contribution is 2.14. The van der Waals surface area contributed by atoms with Crippen molar-refractivity contribution >= 4 is 10.6 Å². The van der Waals surface area contributed by atoms with Gasteiger partial charge < -0.3 is 13.7 Å². The van der Waals surface area contributed by atoms with Crippen LogP contribution in [0.15, 0.2) is 23.1 Å². The van der Waals surface area contributed by atoms with E-state index in [1.165, 1.54) is 6.07 Å². The zero-order chi connectivity index (χ0) is 16.8. The molecule has 0 bridgehead atoms. The van der Waals surface area contributed by atoms with Gasteiger partial charge in [0, 0.05) is 0 Å². The minimum Gasteiger partial charge on any atom is -0.440 e. The molecule has 0 atom stereocenters. The Bertz CT molecular complexity index is 446. The SMILES string of the molecule is CC.CCc1cc(COC(F)F)cc([S-](=N)=O)c1.FCF. The molecule has 0 aliphatic heterocycles. The van der Waals surface area contributed by atoms with Gasteiger partial charge in [-0.25, -0.2) is 8.78 Å². The smallest absolute Gasteiger partial charge is 0.345 e. The van der Waals surface area contributed by atoms with E-state index in [2.05, 4.69) is 4.74 Å². The number of alkyl halides is 4. The lowest BCUT2D eigenvalue weighted by atomic mass is 10.1. The summed E-state index contributed by atoms with van der Waals surface area (Å²) in [4.78, 5) is 0.312. The van der Waals surface area contributed by atoms with Crippen LogP contribution in [-0.4, -0.2) is 13.5 Å². The molecule has 0 aliphatic rings. The molecule has 0 aromatic heterocycles. The maximum atomic E-state index is 11.8. The van der Waals surface area contributed by atoms with Crippen molar-refractivity contribution in [1.29, 1.82) is 4.78 Å². The predicted octanol–water partition coefficient (Wildman–Crippen LogP) is 4.98. The van der Waals surface area contributed by atoms with Crippen molar-refractivity contribution < 1.29 is 26.5 Å². The third-order valence-electron chi connectivity index (χ3n) is 2.02. The van der Waals surface area contributed by atoms with Gasteiger partial charge in [-0.3, -0.25) is 0 Å². The van der Waals surface area contributed by atoms with Gasteiger partial charge in [-0.15, -0.1) is 0 Å². The van der Waals surface area contributed by atoms with E-state index in [9.17, 15) is 21.8 Å². The van der Waals surface area contributed by atoms with E-state index in [-0.39, 0.29) is 6.61 Å². The second-order valence-corrected chi connectivity index (χ2v) is 4.29. The van der Waals surface area contributed by atoms with Crippen LogP contribution in [0, 0.1) is 4.78 Å². The van der Waals surface area contributed by atoms with Crippen LogP contribution in [0.25, 0.3) is 0 Å². The number of ether oxygens (including phenoxy) is 1. The summed E-state index contributed by atoms with van der Waals surface area (Å²) in [5.41, 5.74) is 1.36. The number of rotatable bonds is 5. The molecule has 0 radical (unpaired) electrons.